The molecular weight excluding hydrogens is 194 g/mol. The number of aliphatic hydroxyl groups excluding tert-OH is 1. The molecule has 90 valence electrons. The van der Waals surface area contributed by atoms with Crippen molar-refractivity contribution >= 4 is 5.84 Å². The Morgan fingerprint density at radius 2 is 2.07 bits per heavy atom. The third-order valence-electron chi connectivity index (χ3n) is 1.91. The second kappa shape index (κ2) is 6.63. The quantitative estimate of drug-likeness (QED) is 0.171. The van der Waals surface area contributed by atoms with Crippen LogP contribution in [0, 0.1) is 5.41 Å². The largest absolute Gasteiger partial charge is 0.409 e. The molecule has 0 aromatic carbocycles. The van der Waals surface area contributed by atoms with E-state index >= 15 is 0 Å². The van der Waals surface area contributed by atoms with Crippen LogP contribution in [0.15, 0.2) is 5.16 Å². The van der Waals surface area contributed by atoms with Crippen molar-refractivity contribution in [2.45, 2.75) is 39.7 Å². The summed E-state index contributed by atoms with van der Waals surface area (Å²) >= 11 is 0. The molecule has 0 fully saturated rings. The van der Waals surface area contributed by atoms with Gasteiger partial charge in [0.2, 0.25) is 0 Å². The van der Waals surface area contributed by atoms with E-state index in [9.17, 15) is 5.11 Å². The minimum atomic E-state index is -0.350. The lowest BCUT2D eigenvalue weighted by molar-refractivity contribution is 0.120. The zero-order valence-electron chi connectivity index (χ0n) is 9.82. The Hall–Kier alpha value is -0.810. The summed E-state index contributed by atoms with van der Waals surface area (Å²) in [5.74, 6) is 0.202. The van der Waals surface area contributed by atoms with E-state index in [-0.39, 0.29) is 17.4 Å². The maximum Gasteiger partial charge on any atom is 0.140 e. The van der Waals surface area contributed by atoms with Gasteiger partial charge in [-0.15, -0.1) is 0 Å². The monoisotopic (exact) mass is 217 g/mol. The van der Waals surface area contributed by atoms with E-state index in [1.807, 2.05) is 0 Å². The van der Waals surface area contributed by atoms with Crippen LogP contribution in [0.1, 0.15) is 33.6 Å². The summed E-state index contributed by atoms with van der Waals surface area (Å²) in [6.07, 6.45) is 0.889. The van der Waals surface area contributed by atoms with Gasteiger partial charge < -0.3 is 21.4 Å². The van der Waals surface area contributed by atoms with E-state index in [0.717, 1.165) is 6.42 Å². The lowest BCUT2D eigenvalue weighted by atomic mass is 9.89. The fraction of sp³-hybridized carbons (Fsp3) is 0.900. The van der Waals surface area contributed by atoms with Gasteiger partial charge in [-0.1, -0.05) is 25.9 Å². The lowest BCUT2D eigenvalue weighted by Gasteiger charge is -2.22. The summed E-state index contributed by atoms with van der Waals surface area (Å²) < 4.78 is 0. The van der Waals surface area contributed by atoms with Gasteiger partial charge in [-0.05, 0) is 11.8 Å². The predicted octanol–water partition coefficient (Wildman–Crippen LogP) is 0.510. The Balaban J connectivity index is 3.52. The molecule has 1 unspecified atom stereocenters. The van der Waals surface area contributed by atoms with Crippen LogP contribution in [0.2, 0.25) is 0 Å². The average molecular weight is 217 g/mol. The summed E-state index contributed by atoms with van der Waals surface area (Å²) in [6.45, 7) is 7.42. The van der Waals surface area contributed by atoms with Crippen LogP contribution in [-0.4, -0.2) is 35.3 Å². The van der Waals surface area contributed by atoms with Crippen molar-refractivity contribution in [1.29, 1.82) is 0 Å². The number of nitrogens with two attached hydrogens (primary N) is 1. The first kappa shape index (κ1) is 14.2. The van der Waals surface area contributed by atoms with E-state index in [1.54, 1.807) is 0 Å². The van der Waals surface area contributed by atoms with Crippen molar-refractivity contribution < 1.29 is 10.3 Å². The molecule has 0 aliphatic rings. The van der Waals surface area contributed by atoms with Crippen molar-refractivity contribution in [2.24, 2.45) is 16.3 Å². The molecule has 1 atom stereocenters. The maximum atomic E-state index is 9.63. The van der Waals surface area contributed by atoms with Crippen LogP contribution in [0.5, 0.6) is 0 Å². The Labute approximate surface area is 91.4 Å². The second-order valence-electron chi connectivity index (χ2n) is 4.96. The lowest BCUT2D eigenvalue weighted by Crippen LogP contribution is -2.32. The van der Waals surface area contributed by atoms with Gasteiger partial charge >= 0.3 is 0 Å². The van der Waals surface area contributed by atoms with Gasteiger partial charge in [0, 0.05) is 19.5 Å². The smallest absolute Gasteiger partial charge is 0.140 e. The highest BCUT2D eigenvalue weighted by Gasteiger charge is 2.15. The van der Waals surface area contributed by atoms with Gasteiger partial charge in [0.05, 0.1) is 6.10 Å². The van der Waals surface area contributed by atoms with Crippen LogP contribution < -0.4 is 11.1 Å². The number of nitrogens with one attached hydrogen (secondary N) is 1. The number of nitrogens with zero attached hydrogens (tertiary/aromatic N) is 1. The molecule has 0 aromatic rings. The zero-order valence-corrected chi connectivity index (χ0v) is 9.82. The van der Waals surface area contributed by atoms with Crippen LogP contribution in [0.4, 0.5) is 0 Å². The molecule has 15 heavy (non-hydrogen) atoms. The molecule has 0 aliphatic carbocycles. The fourth-order valence-corrected chi connectivity index (χ4v) is 1.31. The highest BCUT2D eigenvalue weighted by atomic mass is 16.4. The number of hydrogen-bond acceptors (Lipinski definition) is 4. The van der Waals surface area contributed by atoms with E-state index in [0.29, 0.717) is 19.5 Å². The molecular formula is C10H23N3O2. The summed E-state index contributed by atoms with van der Waals surface area (Å²) in [5, 5.41) is 23.8. The number of hydrogen-bond donors (Lipinski definition) is 4. The summed E-state index contributed by atoms with van der Waals surface area (Å²) in [7, 11) is 0. The third-order valence-corrected chi connectivity index (χ3v) is 1.91. The van der Waals surface area contributed by atoms with Crippen LogP contribution in [0.25, 0.3) is 0 Å². The first-order chi connectivity index (χ1) is 6.85. The standard InChI is InChI=1S/C10H23N3O2/c1-10(2,3)6-8(14)7-12-5-4-9(11)13-15/h8,12,14-15H,4-7H2,1-3H3,(H2,11,13). The Kier molecular flexibility index (Phi) is 6.27. The molecule has 5 nitrogen and oxygen atoms in total. The minimum absolute atomic E-state index is 0.132. The highest BCUT2D eigenvalue weighted by molar-refractivity contribution is 5.79. The molecule has 0 saturated heterocycles. The van der Waals surface area contributed by atoms with Crippen molar-refractivity contribution in [3.05, 3.63) is 0 Å². The minimum Gasteiger partial charge on any atom is -0.409 e. The average Bonchev–Trinajstić information content (AvgIpc) is 2.09. The van der Waals surface area contributed by atoms with Gasteiger partial charge in [-0.25, -0.2) is 0 Å². The molecule has 5 heteroatoms. The highest BCUT2D eigenvalue weighted by Crippen LogP contribution is 2.20. The SMILES string of the molecule is CC(C)(C)CC(O)CNCCC(N)=NO. The van der Waals surface area contributed by atoms with Gasteiger partial charge in [-0.3, -0.25) is 0 Å². The molecule has 0 bridgehead atoms. The topological polar surface area (TPSA) is 90.9 Å². The number of amidine groups is 1. The third kappa shape index (κ3) is 9.49. The molecule has 0 rings (SSSR count). The molecule has 0 saturated carbocycles. The van der Waals surface area contributed by atoms with Gasteiger partial charge in [-0.2, -0.15) is 0 Å². The number of rotatable bonds is 6. The first-order valence-electron chi connectivity index (χ1n) is 5.20. The van der Waals surface area contributed by atoms with Gasteiger partial charge in [0.15, 0.2) is 0 Å². The normalized spacial score (nSPS) is 15.3. The van der Waals surface area contributed by atoms with Crippen molar-refractivity contribution in [3.8, 4) is 0 Å². The fourth-order valence-electron chi connectivity index (χ4n) is 1.31. The van der Waals surface area contributed by atoms with Gasteiger partial charge in [0.25, 0.3) is 0 Å². The van der Waals surface area contributed by atoms with Gasteiger partial charge in [0.1, 0.15) is 5.84 Å². The molecule has 0 heterocycles. The van der Waals surface area contributed by atoms with E-state index < -0.39 is 0 Å². The van der Waals surface area contributed by atoms with Crippen molar-refractivity contribution in [2.75, 3.05) is 13.1 Å². The molecule has 0 spiro atoms. The van der Waals surface area contributed by atoms with Crippen LogP contribution in [0.3, 0.4) is 0 Å². The molecule has 0 aromatic heterocycles. The molecule has 5 N–H and O–H groups in total. The Morgan fingerprint density at radius 1 is 1.47 bits per heavy atom. The Bertz CT molecular complexity index is 199. The zero-order chi connectivity index (χ0) is 11.9. The summed E-state index contributed by atoms with van der Waals surface area (Å²) in [4.78, 5) is 0. The van der Waals surface area contributed by atoms with Crippen LogP contribution in [-0.2, 0) is 0 Å². The van der Waals surface area contributed by atoms with Crippen molar-refractivity contribution in [3.63, 3.8) is 0 Å². The molecule has 0 radical (unpaired) electrons. The molecule has 0 amide bonds. The van der Waals surface area contributed by atoms with Crippen molar-refractivity contribution in [1.82, 2.24) is 5.32 Å². The number of aliphatic hydroxyl groups is 1. The van der Waals surface area contributed by atoms with E-state index in [2.05, 4.69) is 31.2 Å². The van der Waals surface area contributed by atoms with E-state index in [4.69, 9.17) is 10.9 Å². The maximum absolute atomic E-state index is 9.63. The molecule has 0 aliphatic heterocycles. The number of oxime groups is 1. The predicted molar refractivity (Wildman–Crippen MR) is 61.0 cm³/mol. The second-order valence-corrected chi connectivity index (χ2v) is 4.96. The van der Waals surface area contributed by atoms with Crippen LogP contribution >= 0.6 is 0 Å². The summed E-state index contributed by atoms with van der Waals surface area (Å²) in [6, 6.07) is 0. The van der Waals surface area contributed by atoms with E-state index in [1.165, 1.54) is 0 Å². The summed E-state index contributed by atoms with van der Waals surface area (Å²) in [5.41, 5.74) is 5.42. The first-order valence-corrected chi connectivity index (χ1v) is 5.20. The Morgan fingerprint density at radius 3 is 2.53 bits per heavy atom.